The zero-order valence-corrected chi connectivity index (χ0v) is 20.5. The highest BCUT2D eigenvalue weighted by molar-refractivity contribution is 5.77. The molecule has 38 heavy (non-hydrogen) atoms. The summed E-state index contributed by atoms with van der Waals surface area (Å²) in [4.78, 5) is 82.9. The van der Waals surface area contributed by atoms with E-state index in [1.165, 1.54) is 0 Å². The van der Waals surface area contributed by atoms with Crippen LogP contribution >= 0.6 is 0 Å². The molecular formula is C21H26F2N4O11. The average molecular weight is 548 g/mol. The molecule has 0 saturated carbocycles. The number of ether oxygens (including phenoxy) is 4. The number of carbonyl (C=O) groups is 5. The molecule has 1 aliphatic heterocycles. The molecule has 1 aliphatic rings. The summed E-state index contributed by atoms with van der Waals surface area (Å²) in [5, 5.41) is 4.48. The van der Waals surface area contributed by atoms with Crippen LogP contribution in [0.15, 0.2) is 15.8 Å². The second-order valence-corrected chi connectivity index (χ2v) is 8.00. The lowest BCUT2D eigenvalue weighted by atomic mass is 9.98. The van der Waals surface area contributed by atoms with Gasteiger partial charge in [-0.1, -0.05) is 0 Å². The summed E-state index contributed by atoms with van der Waals surface area (Å²) in [6, 6.07) is -1.07. The Morgan fingerprint density at radius 3 is 2.29 bits per heavy atom. The Bertz CT molecular complexity index is 1180. The molecule has 0 aliphatic carbocycles. The fourth-order valence-electron chi connectivity index (χ4n) is 3.37. The second kappa shape index (κ2) is 13.4. The van der Waals surface area contributed by atoms with Crippen molar-refractivity contribution < 1.29 is 51.7 Å². The van der Waals surface area contributed by atoms with Crippen molar-refractivity contribution in [2.75, 3.05) is 13.2 Å². The van der Waals surface area contributed by atoms with Crippen molar-refractivity contribution in [2.24, 2.45) is 0 Å². The predicted octanol–water partition coefficient (Wildman–Crippen LogP) is -1.38. The summed E-state index contributed by atoms with van der Waals surface area (Å²) < 4.78 is 49.2. The number of carbonyl (C=O) groups excluding carboxylic acids is 5. The fourth-order valence-corrected chi connectivity index (χ4v) is 3.37. The van der Waals surface area contributed by atoms with Crippen LogP contribution < -0.4 is 21.9 Å². The summed E-state index contributed by atoms with van der Waals surface area (Å²) in [5.74, 6) is -4.62. The molecule has 0 bridgehead atoms. The molecule has 2 rings (SSSR count). The Morgan fingerprint density at radius 1 is 1.05 bits per heavy atom. The zero-order chi connectivity index (χ0) is 28.6. The quantitative estimate of drug-likeness (QED) is 0.186. The van der Waals surface area contributed by atoms with Gasteiger partial charge in [0.1, 0.15) is 12.7 Å². The Labute approximate surface area is 212 Å². The molecule has 210 valence electrons. The lowest BCUT2D eigenvalue weighted by Gasteiger charge is -2.42. The Kier molecular flexibility index (Phi) is 10.6. The number of amides is 2. The van der Waals surface area contributed by atoms with Gasteiger partial charge in [-0.2, -0.15) is 4.39 Å². The zero-order valence-electron chi connectivity index (χ0n) is 20.5. The number of nitrogens with one attached hydrogen (secondary N) is 3. The molecule has 15 nitrogen and oxygen atoms in total. The van der Waals surface area contributed by atoms with Gasteiger partial charge in [-0.3, -0.25) is 29.0 Å². The number of H-pyrrole nitrogens is 1. The number of hydrogen-bond acceptors (Lipinski definition) is 11. The minimum atomic E-state index is -2.19. The number of rotatable bonds is 9. The van der Waals surface area contributed by atoms with E-state index in [0.717, 1.165) is 20.8 Å². The molecule has 0 unspecified atom stereocenters. The molecule has 2 amide bonds. The van der Waals surface area contributed by atoms with Crippen LogP contribution in [-0.4, -0.2) is 83.3 Å². The monoisotopic (exact) mass is 548 g/mol. The van der Waals surface area contributed by atoms with Gasteiger partial charge >= 0.3 is 29.6 Å². The first kappa shape index (κ1) is 30.1. The number of halogens is 2. The van der Waals surface area contributed by atoms with Crippen LogP contribution in [-0.2, 0) is 38.1 Å². The third-order valence-electron chi connectivity index (χ3n) is 4.95. The van der Waals surface area contributed by atoms with Gasteiger partial charge in [-0.25, -0.2) is 18.5 Å². The van der Waals surface area contributed by atoms with Crippen LogP contribution in [0.3, 0.4) is 0 Å². The third-order valence-corrected chi connectivity index (χ3v) is 4.95. The van der Waals surface area contributed by atoms with Crippen LogP contribution in [0.2, 0.25) is 0 Å². The van der Waals surface area contributed by atoms with E-state index in [2.05, 4.69) is 10.6 Å². The molecule has 5 atom stereocenters. The van der Waals surface area contributed by atoms with Crippen LogP contribution in [0.4, 0.5) is 13.6 Å². The third kappa shape index (κ3) is 8.46. The SMILES string of the molecule is CC(=O)OC[C@H]1O[C@@H](NC(=O)CCCNC(=O)n2cc(F)c(=O)[nH]c2=O)[C@H](F)[C@@H](OC(C)=O)[C@@H]1OC(C)=O. The number of aromatic nitrogens is 2. The average Bonchev–Trinajstić information content (AvgIpc) is 2.81. The standard InChI is InChI=1S/C21H26F2N4O11/c1-9(28)35-8-13-16(36-10(2)29)17(37-11(3)30)15(23)19(38-13)25-14(31)5-4-6-24-20(33)27-7-12(22)18(32)26-21(27)34/h7,13,15-17,19H,4-6,8H2,1-3H3,(H,24,33)(H,25,31)(H,26,32,34)/t13-,15-,16-,17-,19-/m1/s1. The summed E-state index contributed by atoms with van der Waals surface area (Å²) in [5.41, 5.74) is -2.47. The largest absolute Gasteiger partial charge is 0.463 e. The molecular weight excluding hydrogens is 522 g/mol. The van der Waals surface area contributed by atoms with Crippen molar-refractivity contribution in [3.63, 3.8) is 0 Å². The maximum Gasteiger partial charge on any atom is 0.336 e. The van der Waals surface area contributed by atoms with Gasteiger partial charge in [0.15, 0.2) is 24.6 Å². The second-order valence-electron chi connectivity index (χ2n) is 8.00. The summed E-state index contributed by atoms with van der Waals surface area (Å²) in [7, 11) is 0. The molecule has 1 aromatic heterocycles. The van der Waals surface area contributed by atoms with Crippen molar-refractivity contribution in [3.05, 3.63) is 32.9 Å². The molecule has 0 spiro atoms. The molecule has 0 aromatic carbocycles. The minimum absolute atomic E-state index is 0.0256. The first-order chi connectivity index (χ1) is 17.8. The molecule has 3 N–H and O–H groups in total. The molecule has 1 saturated heterocycles. The van der Waals surface area contributed by atoms with Crippen molar-refractivity contribution in [3.8, 4) is 0 Å². The Morgan fingerprint density at radius 2 is 1.68 bits per heavy atom. The topological polar surface area (TPSA) is 201 Å². The lowest BCUT2D eigenvalue weighted by molar-refractivity contribution is -0.239. The highest BCUT2D eigenvalue weighted by atomic mass is 19.1. The fraction of sp³-hybridized carbons (Fsp3) is 0.571. The maximum atomic E-state index is 15.2. The predicted molar refractivity (Wildman–Crippen MR) is 119 cm³/mol. The van der Waals surface area contributed by atoms with Crippen LogP contribution in [0.25, 0.3) is 0 Å². The van der Waals surface area contributed by atoms with Crippen molar-refractivity contribution in [2.45, 2.75) is 64.3 Å². The first-order valence-electron chi connectivity index (χ1n) is 11.2. The number of alkyl halides is 1. The van der Waals surface area contributed by atoms with E-state index in [1.807, 2.05) is 0 Å². The number of aromatic amines is 1. The van der Waals surface area contributed by atoms with Crippen LogP contribution in [0.5, 0.6) is 0 Å². The van der Waals surface area contributed by atoms with Gasteiger partial charge in [-0.05, 0) is 6.42 Å². The van der Waals surface area contributed by atoms with Crippen LogP contribution in [0, 0.1) is 5.82 Å². The molecule has 17 heteroatoms. The first-order valence-corrected chi connectivity index (χ1v) is 11.2. The van der Waals surface area contributed by atoms with Crippen molar-refractivity contribution in [1.29, 1.82) is 0 Å². The van der Waals surface area contributed by atoms with Crippen LogP contribution in [0.1, 0.15) is 33.6 Å². The van der Waals surface area contributed by atoms with Gasteiger partial charge in [0.05, 0.1) is 6.20 Å². The van der Waals surface area contributed by atoms with Gasteiger partial charge in [0.2, 0.25) is 11.7 Å². The molecule has 2 heterocycles. The number of nitrogens with zero attached hydrogens (tertiary/aromatic N) is 1. The maximum absolute atomic E-state index is 15.2. The van der Waals surface area contributed by atoms with E-state index in [1.54, 1.807) is 4.98 Å². The normalized spacial score (nSPS) is 22.6. The lowest BCUT2D eigenvalue weighted by Crippen LogP contribution is -2.63. The number of esters is 3. The van der Waals surface area contributed by atoms with Gasteiger partial charge in [0.25, 0.3) is 5.56 Å². The molecule has 1 aromatic rings. The minimum Gasteiger partial charge on any atom is -0.463 e. The van der Waals surface area contributed by atoms with E-state index in [-0.39, 0.29) is 19.4 Å². The van der Waals surface area contributed by atoms with Gasteiger partial charge in [0, 0.05) is 33.7 Å². The Balaban J connectivity index is 2.00. The van der Waals surface area contributed by atoms with E-state index >= 15 is 4.39 Å². The Hall–Kier alpha value is -4.15. The van der Waals surface area contributed by atoms with Crippen molar-refractivity contribution >= 4 is 29.8 Å². The van der Waals surface area contributed by atoms with E-state index in [4.69, 9.17) is 18.9 Å². The van der Waals surface area contributed by atoms with Gasteiger partial charge < -0.3 is 29.6 Å². The van der Waals surface area contributed by atoms with E-state index in [0.29, 0.717) is 10.8 Å². The molecule has 1 fully saturated rings. The molecule has 0 radical (unpaired) electrons. The van der Waals surface area contributed by atoms with E-state index < -0.39 is 84.2 Å². The summed E-state index contributed by atoms with van der Waals surface area (Å²) in [6.45, 7) is 2.42. The van der Waals surface area contributed by atoms with Gasteiger partial charge in [-0.15, -0.1) is 0 Å². The van der Waals surface area contributed by atoms with E-state index in [9.17, 15) is 38.0 Å². The number of hydrogen-bond donors (Lipinski definition) is 3. The highest BCUT2D eigenvalue weighted by Crippen LogP contribution is 2.28. The summed E-state index contributed by atoms with van der Waals surface area (Å²) >= 11 is 0. The summed E-state index contributed by atoms with van der Waals surface area (Å²) in [6.07, 6.45) is -8.30. The highest BCUT2D eigenvalue weighted by Gasteiger charge is 2.51. The smallest absolute Gasteiger partial charge is 0.336 e. The van der Waals surface area contributed by atoms with Crippen molar-refractivity contribution in [1.82, 2.24) is 20.2 Å².